The molecular formula is C27H29F3N6O4. The van der Waals surface area contributed by atoms with E-state index in [0.29, 0.717) is 21.5 Å². The van der Waals surface area contributed by atoms with Gasteiger partial charge in [0.2, 0.25) is 5.91 Å². The van der Waals surface area contributed by atoms with Crippen LogP contribution in [0.1, 0.15) is 68.3 Å². The van der Waals surface area contributed by atoms with Crippen molar-refractivity contribution in [3.05, 3.63) is 75.2 Å². The molecule has 0 bridgehead atoms. The Morgan fingerprint density at radius 3 is 2.70 bits per heavy atom. The van der Waals surface area contributed by atoms with E-state index in [-0.39, 0.29) is 30.3 Å². The molecule has 1 saturated carbocycles. The Kier molecular flexibility index (Phi) is 6.18. The highest BCUT2D eigenvalue weighted by Crippen LogP contribution is 2.42. The van der Waals surface area contributed by atoms with Crippen molar-refractivity contribution in [3.8, 4) is 5.75 Å². The van der Waals surface area contributed by atoms with E-state index >= 15 is 0 Å². The summed E-state index contributed by atoms with van der Waals surface area (Å²) < 4.78 is 71.1. The summed E-state index contributed by atoms with van der Waals surface area (Å²) in [4.78, 5) is 43.8. The Bertz CT molecular complexity index is 1620. The Hall–Kier alpha value is -4.16. The number of halogens is 3. The number of aromatic nitrogens is 4. The van der Waals surface area contributed by atoms with Crippen LogP contribution in [0.4, 0.5) is 13.2 Å². The second-order valence-corrected chi connectivity index (χ2v) is 10.1. The van der Waals surface area contributed by atoms with E-state index in [1.165, 1.54) is 34.8 Å². The van der Waals surface area contributed by atoms with Gasteiger partial charge in [0.05, 0.1) is 35.1 Å². The predicted molar refractivity (Wildman–Crippen MR) is 137 cm³/mol. The number of aryl methyl sites for hydroxylation is 1. The first-order valence-corrected chi connectivity index (χ1v) is 12.7. The van der Waals surface area contributed by atoms with Gasteiger partial charge in [-0.25, -0.2) is 4.98 Å². The minimum absolute atomic E-state index is 0.0297. The van der Waals surface area contributed by atoms with Crippen LogP contribution in [0.3, 0.4) is 0 Å². The number of methoxy groups -OCH3 is 1. The highest BCUT2D eigenvalue weighted by Gasteiger charge is 2.42. The van der Waals surface area contributed by atoms with Crippen molar-refractivity contribution in [1.82, 2.24) is 29.5 Å². The lowest BCUT2D eigenvalue weighted by Gasteiger charge is -2.31. The highest BCUT2D eigenvalue weighted by molar-refractivity contribution is 5.92. The van der Waals surface area contributed by atoms with Crippen molar-refractivity contribution in [3.63, 3.8) is 0 Å². The van der Waals surface area contributed by atoms with Gasteiger partial charge in [-0.2, -0.15) is 18.3 Å². The van der Waals surface area contributed by atoms with Crippen molar-refractivity contribution >= 4 is 11.8 Å². The van der Waals surface area contributed by atoms with Gasteiger partial charge in [0, 0.05) is 25.7 Å². The van der Waals surface area contributed by atoms with Crippen LogP contribution in [0.5, 0.6) is 5.75 Å². The molecule has 3 aromatic rings. The molecule has 40 heavy (non-hydrogen) atoms. The lowest BCUT2D eigenvalue weighted by atomic mass is 9.95. The van der Waals surface area contributed by atoms with Gasteiger partial charge in [0.15, 0.2) is 0 Å². The molecule has 0 unspecified atom stereocenters. The monoisotopic (exact) mass is 561 g/mol. The minimum atomic E-state index is -4.72. The second-order valence-electron chi connectivity index (χ2n) is 10.1. The van der Waals surface area contributed by atoms with Crippen molar-refractivity contribution in [2.45, 2.75) is 56.9 Å². The molecule has 1 aliphatic heterocycles. The van der Waals surface area contributed by atoms with E-state index in [4.69, 9.17) is 8.85 Å². The van der Waals surface area contributed by atoms with Crippen molar-refractivity contribution < 1.29 is 31.6 Å². The lowest BCUT2D eigenvalue weighted by molar-refractivity contribution is -0.146. The molecule has 3 heterocycles. The van der Waals surface area contributed by atoms with E-state index in [1.807, 2.05) is 0 Å². The van der Waals surface area contributed by atoms with Crippen LogP contribution in [0.25, 0.3) is 0 Å². The van der Waals surface area contributed by atoms with E-state index < -0.39 is 54.9 Å². The van der Waals surface area contributed by atoms with E-state index in [0.717, 1.165) is 25.1 Å². The fraction of sp³-hybridized carbons (Fsp3) is 0.444. The van der Waals surface area contributed by atoms with Crippen LogP contribution in [0, 0.1) is 6.92 Å². The largest absolute Gasteiger partial charge is 0.496 e. The molecule has 2 atom stereocenters. The Morgan fingerprint density at radius 2 is 2.02 bits per heavy atom. The van der Waals surface area contributed by atoms with Crippen LogP contribution < -0.4 is 15.6 Å². The molecule has 1 aromatic carbocycles. The van der Waals surface area contributed by atoms with Crippen LogP contribution >= 0.6 is 0 Å². The van der Waals surface area contributed by atoms with Gasteiger partial charge in [-0.1, -0.05) is 12.1 Å². The number of ether oxygens (including phenoxy) is 1. The molecule has 2 aliphatic rings. The van der Waals surface area contributed by atoms with Crippen LogP contribution in [0.2, 0.25) is 0 Å². The third kappa shape index (κ3) is 5.32. The molecule has 1 aliphatic carbocycles. The summed E-state index contributed by atoms with van der Waals surface area (Å²) in [7, 11) is -1.30. The summed E-state index contributed by atoms with van der Waals surface area (Å²) in [6.45, 7) is 0.991. The number of likely N-dealkylation sites (tertiary alicyclic amines) is 1. The van der Waals surface area contributed by atoms with Crippen molar-refractivity contribution in [2.75, 3.05) is 13.6 Å². The molecule has 0 spiro atoms. The number of hydrogen-bond donors (Lipinski definition) is 1. The summed E-state index contributed by atoms with van der Waals surface area (Å²) in [5, 5.41) is 6.93. The fourth-order valence-electron chi connectivity index (χ4n) is 5.11. The number of rotatable bonds is 7. The van der Waals surface area contributed by atoms with Crippen LogP contribution in [-0.4, -0.2) is 55.7 Å². The molecular weight excluding hydrogens is 529 g/mol. The Morgan fingerprint density at radius 1 is 1.25 bits per heavy atom. The zero-order chi connectivity index (χ0) is 31.3. The number of carbonyl (C=O) groups excluding carboxylic acids is 2. The maximum Gasteiger partial charge on any atom is 0.433 e. The first kappa shape index (κ1) is 23.7. The lowest BCUT2D eigenvalue weighted by Crippen LogP contribution is -2.43. The summed E-state index contributed by atoms with van der Waals surface area (Å²) in [6.07, 6.45) is -0.770. The summed E-state index contributed by atoms with van der Waals surface area (Å²) in [5.74, 6) is -1.33. The third-order valence-corrected chi connectivity index (χ3v) is 7.37. The van der Waals surface area contributed by atoms with Crippen LogP contribution in [-0.2, 0) is 24.6 Å². The number of amides is 2. The molecule has 1 N–H and O–H groups in total. The number of nitrogens with zero attached hydrogens (tertiary/aromatic N) is 5. The zero-order valence-electron chi connectivity index (χ0n) is 24.7. The first-order chi connectivity index (χ1) is 20.1. The number of alkyl halides is 3. The maximum atomic E-state index is 13.8. The summed E-state index contributed by atoms with van der Waals surface area (Å²) >= 11 is 0. The highest BCUT2D eigenvalue weighted by atomic mass is 19.4. The van der Waals surface area contributed by atoms with Gasteiger partial charge in [0.1, 0.15) is 23.7 Å². The summed E-state index contributed by atoms with van der Waals surface area (Å²) in [5.41, 5.74) is -0.377. The number of nitrogens with one attached hydrogen (secondary N) is 1. The average molecular weight is 562 g/mol. The SMILES string of the molecule is [2H]C([2H])([2H])Oc1cccc([C@@H]2[C@H](NC(=O)c3cn(C)c(=O)cn3)CCN2C(=O)Cn2nc(C3CC3)cc2C(F)(F)F)c1C. The van der Waals surface area contributed by atoms with Crippen molar-refractivity contribution in [1.29, 1.82) is 0 Å². The van der Waals surface area contributed by atoms with E-state index in [2.05, 4.69) is 15.4 Å². The van der Waals surface area contributed by atoms with Gasteiger partial charge >= 0.3 is 6.18 Å². The molecule has 5 rings (SSSR count). The molecule has 0 radical (unpaired) electrons. The second kappa shape index (κ2) is 10.4. The first-order valence-electron chi connectivity index (χ1n) is 14.2. The molecule has 2 amide bonds. The molecule has 13 heteroatoms. The predicted octanol–water partition coefficient (Wildman–Crippen LogP) is 2.96. The van der Waals surface area contributed by atoms with Gasteiger partial charge < -0.3 is 19.5 Å². The minimum Gasteiger partial charge on any atom is -0.496 e. The van der Waals surface area contributed by atoms with Gasteiger partial charge in [-0.15, -0.1) is 0 Å². The standard InChI is InChI=1S/C27H29F3N6O4/c1-15-17(5-4-6-21(15)40-3)25-18(32-26(39)20-13-34(2)23(37)12-31-20)9-10-35(25)24(38)14-36-22(27(28,29)30)11-19(33-36)16-7-8-16/h4-6,11-13,16,18,25H,7-10,14H2,1-3H3,(H,32,39)/t18-,25-/m1/s1/i3D3. The number of benzene rings is 1. The molecule has 212 valence electrons. The summed E-state index contributed by atoms with van der Waals surface area (Å²) in [6, 6.07) is 3.98. The third-order valence-electron chi connectivity index (χ3n) is 7.37. The van der Waals surface area contributed by atoms with E-state index in [9.17, 15) is 27.6 Å². The number of carbonyl (C=O) groups is 2. The maximum absolute atomic E-state index is 13.8. The quantitative estimate of drug-likeness (QED) is 0.475. The fourth-order valence-corrected chi connectivity index (χ4v) is 5.11. The smallest absolute Gasteiger partial charge is 0.433 e. The van der Waals surface area contributed by atoms with Crippen LogP contribution in [0.15, 0.2) is 41.5 Å². The van der Waals surface area contributed by atoms with Gasteiger partial charge in [0.25, 0.3) is 11.5 Å². The zero-order valence-corrected chi connectivity index (χ0v) is 21.7. The van der Waals surface area contributed by atoms with E-state index in [1.54, 1.807) is 13.0 Å². The van der Waals surface area contributed by atoms with Gasteiger partial charge in [-0.05, 0) is 49.4 Å². The Balaban J connectivity index is 1.49. The number of hydrogen-bond acceptors (Lipinski definition) is 6. The Labute approximate surface area is 232 Å². The molecule has 2 fully saturated rings. The molecule has 1 saturated heterocycles. The van der Waals surface area contributed by atoms with Crippen molar-refractivity contribution in [2.24, 2.45) is 7.05 Å². The average Bonchev–Trinajstić information content (AvgIpc) is 3.54. The normalized spacial score (nSPS) is 20.5. The molecule has 10 nitrogen and oxygen atoms in total. The molecule has 2 aromatic heterocycles. The topological polar surface area (TPSA) is 111 Å². The van der Waals surface area contributed by atoms with Gasteiger partial charge in [-0.3, -0.25) is 19.1 Å².